The molecule has 1 aliphatic heterocycles. The van der Waals surface area contributed by atoms with Crippen LogP contribution in [0.5, 0.6) is 11.5 Å². The number of rotatable bonds is 4. The SMILES string of the molecule is OCCC1COc2cc3ncnc(Nc4cccc(Cl)c4)c3cc2O1. The van der Waals surface area contributed by atoms with Crippen molar-refractivity contribution in [3.05, 3.63) is 47.7 Å². The molecule has 1 aromatic heterocycles. The molecule has 1 aliphatic rings. The highest BCUT2D eigenvalue weighted by Crippen LogP contribution is 2.38. The Morgan fingerprint density at radius 3 is 2.96 bits per heavy atom. The fourth-order valence-corrected chi connectivity index (χ4v) is 2.94. The monoisotopic (exact) mass is 357 g/mol. The average molecular weight is 358 g/mol. The van der Waals surface area contributed by atoms with E-state index < -0.39 is 0 Å². The second kappa shape index (κ2) is 6.74. The van der Waals surface area contributed by atoms with E-state index in [1.165, 1.54) is 6.33 Å². The summed E-state index contributed by atoms with van der Waals surface area (Å²) in [6.45, 7) is 0.472. The molecule has 0 amide bonds. The second-order valence-corrected chi connectivity index (χ2v) is 6.17. The maximum absolute atomic E-state index is 9.09. The lowest BCUT2D eigenvalue weighted by molar-refractivity contribution is 0.0707. The van der Waals surface area contributed by atoms with Crippen LogP contribution in [0.25, 0.3) is 10.9 Å². The number of halogens is 1. The van der Waals surface area contributed by atoms with Gasteiger partial charge in [0.15, 0.2) is 11.5 Å². The fourth-order valence-electron chi connectivity index (χ4n) is 2.75. The minimum atomic E-state index is -0.163. The van der Waals surface area contributed by atoms with Crippen LogP contribution in [0.1, 0.15) is 6.42 Å². The van der Waals surface area contributed by atoms with Gasteiger partial charge in [0.1, 0.15) is 24.9 Å². The quantitative estimate of drug-likeness (QED) is 0.743. The number of ether oxygens (including phenoxy) is 2. The van der Waals surface area contributed by atoms with Crippen molar-refractivity contribution in [3.63, 3.8) is 0 Å². The van der Waals surface area contributed by atoms with Gasteiger partial charge in [-0.05, 0) is 24.3 Å². The van der Waals surface area contributed by atoms with Crippen LogP contribution in [0.4, 0.5) is 11.5 Å². The number of hydrogen-bond donors (Lipinski definition) is 2. The first kappa shape index (κ1) is 15.9. The Bertz CT molecular complexity index is 919. The van der Waals surface area contributed by atoms with Crippen LogP contribution < -0.4 is 14.8 Å². The Labute approximate surface area is 149 Å². The van der Waals surface area contributed by atoms with Crippen molar-refractivity contribution < 1.29 is 14.6 Å². The smallest absolute Gasteiger partial charge is 0.163 e. The Balaban J connectivity index is 1.72. The summed E-state index contributed by atoms with van der Waals surface area (Å²) in [6.07, 6.45) is 1.86. The molecular weight excluding hydrogens is 342 g/mol. The summed E-state index contributed by atoms with van der Waals surface area (Å²) in [6, 6.07) is 11.1. The van der Waals surface area contributed by atoms with Gasteiger partial charge in [0.05, 0.1) is 5.52 Å². The van der Waals surface area contributed by atoms with Gasteiger partial charge in [0.2, 0.25) is 0 Å². The molecule has 0 aliphatic carbocycles. The van der Waals surface area contributed by atoms with Crippen molar-refractivity contribution in [3.8, 4) is 11.5 Å². The molecule has 7 heteroatoms. The molecule has 2 aromatic carbocycles. The lowest BCUT2D eigenvalue weighted by Gasteiger charge is -2.26. The van der Waals surface area contributed by atoms with Gasteiger partial charge in [0.25, 0.3) is 0 Å². The largest absolute Gasteiger partial charge is 0.486 e. The van der Waals surface area contributed by atoms with E-state index in [1.807, 2.05) is 36.4 Å². The van der Waals surface area contributed by atoms with E-state index in [4.69, 9.17) is 26.2 Å². The number of fused-ring (bicyclic) bond motifs is 2. The third-order valence-electron chi connectivity index (χ3n) is 3.96. The van der Waals surface area contributed by atoms with Gasteiger partial charge in [0, 0.05) is 35.2 Å². The Morgan fingerprint density at radius 2 is 2.12 bits per heavy atom. The molecule has 3 aromatic rings. The Hall–Kier alpha value is -2.57. The minimum Gasteiger partial charge on any atom is -0.486 e. The third-order valence-corrected chi connectivity index (χ3v) is 4.19. The summed E-state index contributed by atoms with van der Waals surface area (Å²) in [5.74, 6) is 1.93. The van der Waals surface area contributed by atoms with E-state index >= 15 is 0 Å². The van der Waals surface area contributed by atoms with Crippen molar-refractivity contribution >= 4 is 34.0 Å². The number of anilines is 2. The van der Waals surface area contributed by atoms with Crippen molar-refractivity contribution in [2.45, 2.75) is 12.5 Å². The van der Waals surface area contributed by atoms with Crippen molar-refractivity contribution in [2.24, 2.45) is 0 Å². The summed E-state index contributed by atoms with van der Waals surface area (Å²) in [5.41, 5.74) is 1.59. The van der Waals surface area contributed by atoms with Gasteiger partial charge in [-0.3, -0.25) is 0 Å². The van der Waals surface area contributed by atoms with E-state index in [2.05, 4.69) is 15.3 Å². The molecular formula is C18H16ClN3O3. The van der Waals surface area contributed by atoms with Crippen LogP contribution in [0.15, 0.2) is 42.7 Å². The van der Waals surface area contributed by atoms with Crippen LogP contribution in [-0.2, 0) is 0 Å². The van der Waals surface area contributed by atoms with Crippen LogP contribution in [0, 0.1) is 0 Å². The minimum absolute atomic E-state index is 0.0572. The van der Waals surface area contributed by atoms with Gasteiger partial charge >= 0.3 is 0 Å². The molecule has 4 rings (SSSR count). The fraction of sp³-hybridized carbons (Fsp3) is 0.222. The molecule has 2 N–H and O–H groups in total. The van der Waals surface area contributed by atoms with E-state index in [0.29, 0.717) is 35.4 Å². The molecule has 0 spiro atoms. The van der Waals surface area contributed by atoms with Crippen LogP contribution in [0.3, 0.4) is 0 Å². The van der Waals surface area contributed by atoms with Gasteiger partial charge in [-0.25, -0.2) is 9.97 Å². The van der Waals surface area contributed by atoms with E-state index in [1.54, 1.807) is 0 Å². The first-order valence-corrected chi connectivity index (χ1v) is 8.32. The van der Waals surface area contributed by atoms with Crippen molar-refractivity contribution in [1.29, 1.82) is 0 Å². The van der Waals surface area contributed by atoms with Gasteiger partial charge < -0.3 is 19.9 Å². The van der Waals surface area contributed by atoms with E-state index in [-0.39, 0.29) is 12.7 Å². The highest BCUT2D eigenvalue weighted by Gasteiger charge is 2.22. The van der Waals surface area contributed by atoms with E-state index in [0.717, 1.165) is 16.6 Å². The number of aliphatic hydroxyl groups excluding tert-OH is 1. The molecule has 2 heterocycles. The molecule has 0 bridgehead atoms. The highest BCUT2D eigenvalue weighted by molar-refractivity contribution is 6.30. The Kier molecular flexibility index (Phi) is 4.29. The zero-order chi connectivity index (χ0) is 17.2. The predicted molar refractivity (Wildman–Crippen MR) is 95.9 cm³/mol. The summed E-state index contributed by atoms with van der Waals surface area (Å²) >= 11 is 6.04. The number of hydrogen-bond acceptors (Lipinski definition) is 6. The molecule has 128 valence electrons. The van der Waals surface area contributed by atoms with Crippen LogP contribution >= 0.6 is 11.6 Å². The molecule has 1 atom stereocenters. The van der Waals surface area contributed by atoms with Gasteiger partial charge in [-0.15, -0.1) is 0 Å². The molecule has 0 radical (unpaired) electrons. The predicted octanol–water partition coefficient (Wildman–Crippen LogP) is 3.55. The molecule has 0 saturated heterocycles. The van der Waals surface area contributed by atoms with Crippen molar-refractivity contribution in [1.82, 2.24) is 9.97 Å². The van der Waals surface area contributed by atoms with Crippen LogP contribution in [0.2, 0.25) is 5.02 Å². The van der Waals surface area contributed by atoms with Gasteiger partial charge in [-0.2, -0.15) is 0 Å². The van der Waals surface area contributed by atoms with Crippen LogP contribution in [-0.4, -0.2) is 34.4 Å². The highest BCUT2D eigenvalue weighted by atomic mass is 35.5. The summed E-state index contributed by atoms with van der Waals surface area (Å²) in [5, 5.41) is 13.8. The number of aliphatic hydroxyl groups is 1. The maximum atomic E-state index is 9.09. The number of aromatic nitrogens is 2. The molecule has 1 unspecified atom stereocenters. The number of nitrogens with one attached hydrogen (secondary N) is 1. The normalized spacial score (nSPS) is 16.0. The van der Waals surface area contributed by atoms with E-state index in [9.17, 15) is 0 Å². The molecule has 0 fully saturated rings. The lowest BCUT2D eigenvalue weighted by atomic mass is 10.1. The summed E-state index contributed by atoms with van der Waals surface area (Å²) in [7, 11) is 0. The number of nitrogens with zero attached hydrogens (tertiary/aromatic N) is 2. The lowest BCUT2D eigenvalue weighted by Crippen LogP contribution is -2.29. The second-order valence-electron chi connectivity index (χ2n) is 5.74. The number of benzene rings is 2. The summed E-state index contributed by atoms with van der Waals surface area (Å²) in [4.78, 5) is 8.65. The first-order chi connectivity index (χ1) is 12.2. The van der Waals surface area contributed by atoms with Crippen molar-refractivity contribution in [2.75, 3.05) is 18.5 Å². The topological polar surface area (TPSA) is 76.5 Å². The molecule has 0 saturated carbocycles. The third kappa shape index (κ3) is 3.31. The first-order valence-electron chi connectivity index (χ1n) is 7.94. The standard InChI is InChI=1S/C18H16ClN3O3/c19-11-2-1-3-12(6-11)22-18-14-7-17-16(8-15(14)20-10-21-18)24-9-13(25-17)4-5-23/h1-3,6-8,10,13,23H,4-5,9H2,(H,20,21,22). The molecule has 25 heavy (non-hydrogen) atoms. The average Bonchev–Trinajstić information content (AvgIpc) is 2.61. The maximum Gasteiger partial charge on any atom is 0.163 e. The van der Waals surface area contributed by atoms with Gasteiger partial charge in [-0.1, -0.05) is 17.7 Å². The Morgan fingerprint density at radius 1 is 1.20 bits per heavy atom. The molecule has 6 nitrogen and oxygen atoms in total. The zero-order valence-corrected chi connectivity index (χ0v) is 14.0. The summed E-state index contributed by atoms with van der Waals surface area (Å²) < 4.78 is 11.7. The zero-order valence-electron chi connectivity index (χ0n) is 13.3.